The maximum Gasteiger partial charge on any atom is 0.275 e. The van der Waals surface area contributed by atoms with Crippen LogP contribution < -0.4 is 0 Å². The summed E-state index contributed by atoms with van der Waals surface area (Å²) in [4.78, 5) is 14.8. The van der Waals surface area contributed by atoms with Crippen molar-refractivity contribution in [2.75, 3.05) is 13.6 Å². The van der Waals surface area contributed by atoms with Gasteiger partial charge in [0, 0.05) is 25.6 Å². The van der Waals surface area contributed by atoms with Crippen LogP contribution in [0.1, 0.15) is 41.9 Å². The predicted octanol–water partition coefficient (Wildman–Crippen LogP) is 3.96. The average molecular weight is 389 g/mol. The lowest BCUT2D eigenvalue weighted by molar-refractivity contribution is 0.0769. The standard InChI is InChI=1S/C24H28N4O/c1-23(2)17-24(23,20-12-8-5-9-13-20)18-27(3)22(29)21-16-28(26-25-21)15-14-19-10-6-4-7-11-19/h4-13,16H,14-15,17-18H2,1-3H3. The summed E-state index contributed by atoms with van der Waals surface area (Å²) in [5.74, 6) is -0.0750. The van der Waals surface area contributed by atoms with E-state index in [0.29, 0.717) is 18.8 Å². The first kappa shape index (κ1) is 19.4. The van der Waals surface area contributed by atoms with E-state index in [-0.39, 0.29) is 16.7 Å². The second kappa shape index (κ2) is 7.47. The molecule has 5 heteroatoms. The molecule has 1 aliphatic carbocycles. The van der Waals surface area contributed by atoms with E-state index >= 15 is 0 Å². The van der Waals surface area contributed by atoms with Crippen LogP contribution in [0.3, 0.4) is 0 Å². The van der Waals surface area contributed by atoms with Crippen LogP contribution >= 0.6 is 0 Å². The normalized spacial score (nSPS) is 19.7. The molecule has 1 unspecified atom stereocenters. The fourth-order valence-corrected chi connectivity index (χ4v) is 4.39. The van der Waals surface area contributed by atoms with Crippen molar-refractivity contribution in [2.24, 2.45) is 5.41 Å². The SMILES string of the molecule is CN(CC1(c2ccccc2)CC1(C)C)C(=O)c1cn(CCc2ccccc2)nn1. The Hall–Kier alpha value is -2.95. The molecule has 1 heterocycles. The van der Waals surface area contributed by atoms with E-state index in [0.717, 1.165) is 12.8 Å². The van der Waals surface area contributed by atoms with Crippen molar-refractivity contribution in [3.63, 3.8) is 0 Å². The number of hydrogen-bond acceptors (Lipinski definition) is 3. The van der Waals surface area contributed by atoms with Gasteiger partial charge in [-0.1, -0.05) is 79.7 Å². The summed E-state index contributed by atoms with van der Waals surface area (Å²) in [7, 11) is 1.87. The molecule has 1 atom stereocenters. The van der Waals surface area contributed by atoms with Gasteiger partial charge in [-0.25, -0.2) is 0 Å². The fraction of sp³-hybridized carbons (Fsp3) is 0.375. The van der Waals surface area contributed by atoms with Gasteiger partial charge in [-0.15, -0.1) is 5.10 Å². The van der Waals surface area contributed by atoms with Crippen molar-refractivity contribution in [2.45, 2.75) is 38.6 Å². The zero-order chi connectivity index (χ0) is 20.5. The van der Waals surface area contributed by atoms with Gasteiger partial charge in [0.1, 0.15) is 0 Å². The highest BCUT2D eigenvalue weighted by atomic mass is 16.2. The van der Waals surface area contributed by atoms with Crippen molar-refractivity contribution in [3.8, 4) is 0 Å². The number of amides is 1. The van der Waals surface area contributed by atoms with Crippen molar-refractivity contribution in [1.82, 2.24) is 19.9 Å². The van der Waals surface area contributed by atoms with Gasteiger partial charge in [0.2, 0.25) is 0 Å². The Morgan fingerprint density at radius 3 is 2.31 bits per heavy atom. The molecule has 0 spiro atoms. The number of rotatable bonds is 7. The summed E-state index contributed by atoms with van der Waals surface area (Å²) in [5.41, 5.74) is 3.13. The molecule has 5 nitrogen and oxygen atoms in total. The number of aromatic nitrogens is 3. The van der Waals surface area contributed by atoms with E-state index in [1.54, 1.807) is 15.8 Å². The van der Waals surface area contributed by atoms with Gasteiger partial charge in [0.15, 0.2) is 5.69 Å². The van der Waals surface area contributed by atoms with Crippen molar-refractivity contribution in [1.29, 1.82) is 0 Å². The molecular weight excluding hydrogens is 360 g/mol. The monoisotopic (exact) mass is 388 g/mol. The van der Waals surface area contributed by atoms with E-state index in [1.807, 2.05) is 31.3 Å². The first-order chi connectivity index (χ1) is 13.9. The zero-order valence-corrected chi connectivity index (χ0v) is 17.4. The number of carbonyl (C=O) groups is 1. The van der Waals surface area contributed by atoms with E-state index < -0.39 is 0 Å². The number of carbonyl (C=O) groups excluding carboxylic acids is 1. The van der Waals surface area contributed by atoms with E-state index in [2.05, 4.69) is 60.6 Å². The highest BCUT2D eigenvalue weighted by Gasteiger charge is 2.62. The molecule has 0 N–H and O–H groups in total. The molecule has 2 aromatic carbocycles. The van der Waals surface area contributed by atoms with Crippen LogP contribution in [0.2, 0.25) is 0 Å². The fourth-order valence-electron chi connectivity index (χ4n) is 4.39. The lowest BCUT2D eigenvalue weighted by Crippen LogP contribution is -2.36. The lowest BCUT2D eigenvalue weighted by Gasteiger charge is -2.27. The average Bonchev–Trinajstić information content (AvgIpc) is 3.06. The van der Waals surface area contributed by atoms with Gasteiger partial charge in [-0.05, 0) is 29.4 Å². The van der Waals surface area contributed by atoms with Crippen molar-refractivity contribution in [3.05, 3.63) is 83.7 Å². The van der Waals surface area contributed by atoms with Gasteiger partial charge in [0.25, 0.3) is 5.91 Å². The maximum absolute atomic E-state index is 13.0. The Balaban J connectivity index is 1.43. The molecule has 0 radical (unpaired) electrons. The molecule has 1 saturated carbocycles. The summed E-state index contributed by atoms with van der Waals surface area (Å²) in [6.07, 6.45) is 3.69. The van der Waals surface area contributed by atoms with Gasteiger partial charge in [0.05, 0.1) is 6.20 Å². The van der Waals surface area contributed by atoms with Crippen molar-refractivity contribution >= 4 is 5.91 Å². The quantitative estimate of drug-likeness (QED) is 0.616. The Kier molecular flexibility index (Phi) is 4.99. The number of aryl methyl sites for hydroxylation is 2. The van der Waals surface area contributed by atoms with Crippen molar-refractivity contribution < 1.29 is 4.79 Å². The lowest BCUT2D eigenvalue weighted by atomic mass is 9.87. The minimum atomic E-state index is -0.0750. The molecule has 1 aliphatic rings. The minimum Gasteiger partial charge on any atom is -0.339 e. The third-order valence-electron chi connectivity index (χ3n) is 6.32. The second-order valence-electron chi connectivity index (χ2n) is 8.77. The molecule has 150 valence electrons. The molecular formula is C24H28N4O. The first-order valence-electron chi connectivity index (χ1n) is 10.2. The first-order valence-corrected chi connectivity index (χ1v) is 10.2. The van der Waals surface area contributed by atoms with Gasteiger partial charge < -0.3 is 4.90 Å². The molecule has 0 bridgehead atoms. The Morgan fingerprint density at radius 2 is 1.69 bits per heavy atom. The number of benzene rings is 2. The summed E-state index contributed by atoms with van der Waals surface area (Å²) in [6.45, 7) is 5.94. The number of hydrogen-bond donors (Lipinski definition) is 0. The van der Waals surface area contributed by atoms with E-state index in [1.165, 1.54) is 11.1 Å². The van der Waals surface area contributed by atoms with E-state index in [4.69, 9.17) is 0 Å². The summed E-state index contributed by atoms with van der Waals surface area (Å²) in [5, 5.41) is 8.28. The molecule has 4 rings (SSSR count). The Bertz CT molecular complexity index is 980. The van der Waals surface area contributed by atoms with E-state index in [9.17, 15) is 4.79 Å². The summed E-state index contributed by atoms with van der Waals surface area (Å²) >= 11 is 0. The molecule has 29 heavy (non-hydrogen) atoms. The topological polar surface area (TPSA) is 51.0 Å². The number of likely N-dealkylation sites (N-methyl/N-ethyl adjacent to an activating group) is 1. The van der Waals surface area contributed by atoms with Crippen LogP contribution in [0.5, 0.6) is 0 Å². The van der Waals surface area contributed by atoms with Crippen LogP contribution in [0.15, 0.2) is 66.9 Å². The second-order valence-corrected chi connectivity index (χ2v) is 8.77. The molecule has 0 aliphatic heterocycles. The highest BCUT2D eigenvalue weighted by molar-refractivity contribution is 5.91. The molecule has 0 saturated heterocycles. The van der Waals surface area contributed by atoms with Gasteiger partial charge in [-0.2, -0.15) is 0 Å². The molecule has 1 aromatic heterocycles. The predicted molar refractivity (Wildman–Crippen MR) is 114 cm³/mol. The number of nitrogens with zero attached hydrogens (tertiary/aromatic N) is 4. The third kappa shape index (κ3) is 3.82. The summed E-state index contributed by atoms with van der Waals surface area (Å²) < 4.78 is 1.75. The Morgan fingerprint density at radius 1 is 1.07 bits per heavy atom. The summed E-state index contributed by atoms with van der Waals surface area (Å²) in [6, 6.07) is 20.8. The largest absolute Gasteiger partial charge is 0.339 e. The molecule has 3 aromatic rings. The van der Waals surface area contributed by atoms with Crippen LogP contribution in [-0.4, -0.2) is 39.4 Å². The third-order valence-corrected chi connectivity index (χ3v) is 6.32. The van der Waals surface area contributed by atoms with Crippen LogP contribution in [0.4, 0.5) is 0 Å². The smallest absolute Gasteiger partial charge is 0.275 e. The van der Waals surface area contributed by atoms with Crippen LogP contribution in [-0.2, 0) is 18.4 Å². The molecule has 1 fully saturated rings. The van der Waals surface area contributed by atoms with Gasteiger partial charge in [-0.3, -0.25) is 9.48 Å². The highest BCUT2D eigenvalue weighted by Crippen LogP contribution is 2.64. The van der Waals surface area contributed by atoms with Crippen LogP contribution in [0.25, 0.3) is 0 Å². The van der Waals surface area contributed by atoms with Crippen LogP contribution in [0, 0.1) is 5.41 Å². The van der Waals surface area contributed by atoms with Gasteiger partial charge >= 0.3 is 0 Å². The maximum atomic E-state index is 13.0. The molecule has 1 amide bonds. The minimum absolute atomic E-state index is 0.00196. The Labute approximate surface area is 172 Å². The zero-order valence-electron chi connectivity index (χ0n) is 17.4.